The third kappa shape index (κ3) is 1.76. The van der Waals surface area contributed by atoms with Gasteiger partial charge >= 0.3 is 0 Å². The Morgan fingerprint density at radius 1 is 1.23 bits per heavy atom. The molecule has 2 aromatic heterocycles. The van der Waals surface area contributed by atoms with Crippen LogP contribution in [0.25, 0.3) is 10.6 Å². The molecule has 0 aliphatic rings. The summed E-state index contributed by atoms with van der Waals surface area (Å²) < 4.78 is 0. The van der Waals surface area contributed by atoms with E-state index in [9.17, 15) is 0 Å². The molecule has 2 heterocycles. The van der Waals surface area contributed by atoms with Gasteiger partial charge in [-0.2, -0.15) is 0 Å². The maximum Gasteiger partial charge on any atom is 0.0801 e. The van der Waals surface area contributed by atoms with E-state index in [1.165, 1.54) is 9.75 Å². The SMILES string of the molecule is NCc1ccc(-c2ccccn2)s1. The molecule has 3 heteroatoms. The molecule has 0 unspecified atom stereocenters. The van der Waals surface area contributed by atoms with Crippen molar-refractivity contribution in [3.05, 3.63) is 41.4 Å². The van der Waals surface area contributed by atoms with E-state index in [4.69, 9.17) is 5.73 Å². The largest absolute Gasteiger partial charge is 0.326 e. The molecule has 0 spiro atoms. The maximum atomic E-state index is 5.53. The fraction of sp³-hybridized carbons (Fsp3) is 0.100. The van der Waals surface area contributed by atoms with Gasteiger partial charge in [0.1, 0.15) is 0 Å². The fourth-order valence-electron chi connectivity index (χ4n) is 1.13. The minimum absolute atomic E-state index is 0.609. The molecule has 0 amide bonds. The van der Waals surface area contributed by atoms with Gasteiger partial charge in [-0.1, -0.05) is 6.07 Å². The molecule has 0 bridgehead atoms. The predicted molar refractivity (Wildman–Crippen MR) is 55.4 cm³/mol. The number of rotatable bonds is 2. The molecular formula is C10H10N2S. The van der Waals surface area contributed by atoms with Gasteiger partial charge in [0.05, 0.1) is 10.6 Å². The second-order valence-electron chi connectivity index (χ2n) is 2.69. The topological polar surface area (TPSA) is 38.9 Å². The second-order valence-corrected chi connectivity index (χ2v) is 3.85. The summed E-state index contributed by atoms with van der Waals surface area (Å²) in [5.41, 5.74) is 6.55. The Kier molecular flexibility index (Phi) is 2.38. The first-order valence-electron chi connectivity index (χ1n) is 4.10. The Bertz CT molecular complexity index is 381. The molecule has 0 radical (unpaired) electrons. The van der Waals surface area contributed by atoms with E-state index in [0.29, 0.717) is 6.54 Å². The number of pyridine rings is 1. The smallest absolute Gasteiger partial charge is 0.0801 e. The molecule has 13 heavy (non-hydrogen) atoms. The number of nitrogens with two attached hydrogens (primary N) is 1. The van der Waals surface area contributed by atoms with Gasteiger partial charge in [0.15, 0.2) is 0 Å². The summed E-state index contributed by atoms with van der Waals surface area (Å²) in [6.07, 6.45) is 1.80. The maximum absolute atomic E-state index is 5.53. The zero-order valence-corrected chi connectivity index (χ0v) is 7.92. The zero-order chi connectivity index (χ0) is 9.10. The summed E-state index contributed by atoms with van der Waals surface area (Å²) >= 11 is 1.70. The van der Waals surface area contributed by atoms with Crippen molar-refractivity contribution < 1.29 is 0 Å². The highest BCUT2D eigenvalue weighted by Gasteiger charge is 2.01. The summed E-state index contributed by atoms with van der Waals surface area (Å²) in [5, 5.41) is 0. The van der Waals surface area contributed by atoms with Gasteiger partial charge in [0.25, 0.3) is 0 Å². The summed E-state index contributed by atoms with van der Waals surface area (Å²) in [4.78, 5) is 6.64. The van der Waals surface area contributed by atoms with Crippen molar-refractivity contribution in [2.24, 2.45) is 5.73 Å². The molecule has 0 aliphatic heterocycles. The number of thiophene rings is 1. The van der Waals surface area contributed by atoms with Crippen LogP contribution >= 0.6 is 11.3 Å². The average Bonchev–Trinajstić information content (AvgIpc) is 2.67. The van der Waals surface area contributed by atoms with Gasteiger partial charge in [0, 0.05) is 17.6 Å². The van der Waals surface area contributed by atoms with Gasteiger partial charge < -0.3 is 5.73 Å². The van der Waals surface area contributed by atoms with Gasteiger partial charge in [-0.05, 0) is 24.3 Å². The van der Waals surface area contributed by atoms with Crippen LogP contribution in [0.5, 0.6) is 0 Å². The highest BCUT2D eigenvalue weighted by atomic mass is 32.1. The van der Waals surface area contributed by atoms with E-state index in [1.807, 2.05) is 18.2 Å². The minimum atomic E-state index is 0.609. The Morgan fingerprint density at radius 3 is 2.77 bits per heavy atom. The van der Waals surface area contributed by atoms with Gasteiger partial charge in [-0.3, -0.25) is 4.98 Å². The summed E-state index contributed by atoms with van der Waals surface area (Å²) in [6.45, 7) is 0.609. The first-order valence-corrected chi connectivity index (χ1v) is 4.92. The molecule has 66 valence electrons. The molecule has 2 aromatic rings. The van der Waals surface area contributed by atoms with Crippen molar-refractivity contribution >= 4 is 11.3 Å². The molecule has 0 atom stereocenters. The summed E-state index contributed by atoms with van der Waals surface area (Å²) in [5.74, 6) is 0. The Balaban J connectivity index is 2.36. The fourth-order valence-corrected chi connectivity index (χ4v) is 2.00. The molecular weight excluding hydrogens is 180 g/mol. The van der Waals surface area contributed by atoms with E-state index >= 15 is 0 Å². The monoisotopic (exact) mass is 190 g/mol. The van der Waals surface area contributed by atoms with Crippen molar-refractivity contribution in [3.8, 4) is 10.6 Å². The molecule has 0 saturated carbocycles. The number of nitrogens with zero attached hydrogens (tertiary/aromatic N) is 1. The highest BCUT2D eigenvalue weighted by Crippen LogP contribution is 2.25. The third-order valence-corrected chi connectivity index (χ3v) is 2.91. The minimum Gasteiger partial charge on any atom is -0.326 e. The number of aromatic nitrogens is 1. The number of hydrogen-bond acceptors (Lipinski definition) is 3. The predicted octanol–water partition coefficient (Wildman–Crippen LogP) is 2.27. The lowest BCUT2D eigenvalue weighted by atomic mass is 10.3. The lowest BCUT2D eigenvalue weighted by molar-refractivity contribution is 1.11. The molecule has 0 aliphatic carbocycles. The van der Waals surface area contributed by atoms with Crippen LogP contribution in [0.4, 0.5) is 0 Å². The van der Waals surface area contributed by atoms with E-state index in [0.717, 1.165) is 5.69 Å². The van der Waals surface area contributed by atoms with Crippen LogP contribution in [0.1, 0.15) is 4.88 Å². The van der Waals surface area contributed by atoms with Crippen LogP contribution in [0.3, 0.4) is 0 Å². The van der Waals surface area contributed by atoms with E-state index in [-0.39, 0.29) is 0 Å². The van der Waals surface area contributed by atoms with E-state index in [2.05, 4.69) is 17.1 Å². The number of hydrogen-bond donors (Lipinski definition) is 1. The van der Waals surface area contributed by atoms with E-state index < -0.39 is 0 Å². The van der Waals surface area contributed by atoms with E-state index in [1.54, 1.807) is 17.5 Å². The molecule has 0 fully saturated rings. The average molecular weight is 190 g/mol. The molecule has 2 N–H and O–H groups in total. The molecule has 0 aromatic carbocycles. The van der Waals surface area contributed by atoms with Crippen LogP contribution < -0.4 is 5.73 Å². The van der Waals surface area contributed by atoms with Crippen LogP contribution in [0, 0.1) is 0 Å². The van der Waals surface area contributed by atoms with Crippen molar-refractivity contribution in [1.29, 1.82) is 0 Å². The quantitative estimate of drug-likeness (QED) is 0.789. The first-order chi connectivity index (χ1) is 6.40. The molecule has 0 saturated heterocycles. The van der Waals surface area contributed by atoms with Crippen molar-refractivity contribution in [3.63, 3.8) is 0 Å². The molecule has 2 rings (SSSR count). The standard InChI is InChI=1S/C10H10N2S/c11-7-8-4-5-10(13-8)9-3-1-2-6-12-9/h1-6H,7,11H2. The van der Waals surface area contributed by atoms with Gasteiger partial charge in [0.2, 0.25) is 0 Å². The highest BCUT2D eigenvalue weighted by molar-refractivity contribution is 7.15. The van der Waals surface area contributed by atoms with Crippen molar-refractivity contribution in [2.75, 3.05) is 0 Å². The summed E-state index contributed by atoms with van der Waals surface area (Å²) in [7, 11) is 0. The first kappa shape index (κ1) is 8.41. The van der Waals surface area contributed by atoms with Crippen LogP contribution in [-0.4, -0.2) is 4.98 Å². The second kappa shape index (κ2) is 3.68. The Labute approximate surface area is 81.1 Å². The third-order valence-electron chi connectivity index (χ3n) is 1.78. The van der Waals surface area contributed by atoms with Crippen LogP contribution in [0.15, 0.2) is 36.5 Å². The van der Waals surface area contributed by atoms with Gasteiger partial charge in [-0.25, -0.2) is 0 Å². The van der Waals surface area contributed by atoms with Crippen molar-refractivity contribution in [1.82, 2.24) is 4.98 Å². The lowest BCUT2D eigenvalue weighted by Crippen LogP contribution is -1.91. The Hall–Kier alpha value is -1.19. The zero-order valence-electron chi connectivity index (χ0n) is 7.10. The Morgan fingerprint density at radius 2 is 2.15 bits per heavy atom. The van der Waals surface area contributed by atoms with Crippen LogP contribution in [0.2, 0.25) is 0 Å². The lowest BCUT2D eigenvalue weighted by Gasteiger charge is -1.93. The normalized spacial score (nSPS) is 10.2. The molecule has 2 nitrogen and oxygen atoms in total. The van der Waals surface area contributed by atoms with Crippen molar-refractivity contribution in [2.45, 2.75) is 6.54 Å². The summed E-state index contributed by atoms with van der Waals surface area (Å²) in [6, 6.07) is 10.0. The van der Waals surface area contributed by atoms with Gasteiger partial charge in [-0.15, -0.1) is 11.3 Å². The van der Waals surface area contributed by atoms with Crippen LogP contribution in [-0.2, 0) is 6.54 Å².